The van der Waals surface area contributed by atoms with Crippen LogP contribution in [0.25, 0.3) is 0 Å². The molecular formula is C25H30NO+. The lowest BCUT2D eigenvalue weighted by Crippen LogP contribution is -3.08. The molecule has 2 heteroatoms. The maximum absolute atomic E-state index is 10.9. The molecule has 0 unspecified atom stereocenters. The van der Waals surface area contributed by atoms with Gasteiger partial charge in [-0.25, -0.2) is 0 Å². The van der Waals surface area contributed by atoms with Crippen LogP contribution in [0.1, 0.15) is 47.6 Å². The minimum Gasteiger partial charge on any atom is -0.507 e. The van der Waals surface area contributed by atoms with Gasteiger partial charge in [-0.15, -0.1) is 0 Å². The molecule has 0 saturated heterocycles. The van der Waals surface area contributed by atoms with Crippen molar-refractivity contribution in [3.63, 3.8) is 0 Å². The van der Waals surface area contributed by atoms with Crippen LogP contribution < -0.4 is 4.90 Å². The first kappa shape index (κ1) is 19.2. The molecule has 3 aromatic carbocycles. The molecule has 0 fully saturated rings. The highest BCUT2D eigenvalue weighted by Gasteiger charge is 2.19. The minimum absolute atomic E-state index is 0.316. The van der Waals surface area contributed by atoms with E-state index in [-0.39, 0.29) is 0 Å². The third-order valence-corrected chi connectivity index (χ3v) is 5.19. The van der Waals surface area contributed by atoms with Crippen LogP contribution in [0, 0.1) is 6.92 Å². The second-order valence-corrected chi connectivity index (χ2v) is 7.71. The van der Waals surface area contributed by atoms with Crippen LogP contribution in [0.5, 0.6) is 5.75 Å². The van der Waals surface area contributed by atoms with Gasteiger partial charge in [0.15, 0.2) is 0 Å². The molecule has 3 rings (SSSR count). The Labute approximate surface area is 163 Å². The second kappa shape index (κ2) is 8.88. The fraction of sp³-hybridized carbons (Fsp3) is 0.280. The average molecular weight is 361 g/mol. The lowest BCUT2D eigenvalue weighted by atomic mass is 9.95. The Morgan fingerprint density at radius 1 is 0.741 bits per heavy atom. The van der Waals surface area contributed by atoms with E-state index in [2.05, 4.69) is 93.6 Å². The number of phenols is 1. The highest BCUT2D eigenvalue weighted by molar-refractivity contribution is 5.46. The number of hydrogen-bond donors (Lipinski definition) is 2. The Kier molecular flexibility index (Phi) is 6.31. The van der Waals surface area contributed by atoms with Crippen molar-refractivity contribution in [3.05, 3.63) is 101 Å². The number of benzene rings is 3. The molecule has 0 atom stereocenters. The van der Waals surface area contributed by atoms with Crippen molar-refractivity contribution in [1.29, 1.82) is 0 Å². The third kappa shape index (κ3) is 4.99. The summed E-state index contributed by atoms with van der Waals surface area (Å²) in [5, 5.41) is 10.9. The van der Waals surface area contributed by atoms with E-state index in [4.69, 9.17) is 0 Å². The first-order chi connectivity index (χ1) is 13.0. The Morgan fingerprint density at radius 2 is 1.26 bits per heavy atom. The zero-order valence-electron chi connectivity index (χ0n) is 16.6. The SMILES string of the molecule is Cc1ccc(C(C)C)c(O)c1C[NH+](Cc1ccccc1)Cc1ccccc1. The predicted octanol–water partition coefficient (Wildman–Crippen LogP) is 4.61. The predicted molar refractivity (Wildman–Crippen MR) is 112 cm³/mol. The normalized spacial score (nSPS) is 11.3. The summed E-state index contributed by atoms with van der Waals surface area (Å²) in [6, 6.07) is 25.4. The van der Waals surface area contributed by atoms with E-state index in [0.29, 0.717) is 11.7 Å². The Hall–Kier alpha value is -2.58. The highest BCUT2D eigenvalue weighted by atomic mass is 16.3. The van der Waals surface area contributed by atoms with Crippen molar-refractivity contribution >= 4 is 0 Å². The number of aromatic hydroxyl groups is 1. The van der Waals surface area contributed by atoms with Gasteiger partial charge in [0.2, 0.25) is 0 Å². The van der Waals surface area contributed by atoms with Crippen molar-refractivity contribution in [2.45, 2.75) is 46.3 Å². The molecule has 2 nitrogen and oxygen atoms in total. The fourth-order valence-corrected chi connectivity index (χ4v) is 3.65. The molecular weight excluding hydrogens is 330 g/mol. The van der Waals surface area contributed by atoms with Gasteiger partial charge in [0.05, 0.1) is 5.56 Å². The molecule has 0 aliphatic carbocycles. The lowest BCUT2D eigenvalue weighted by Gasteiger charge is -2.23. The number of phenolic OH excluding ortho intramolecular Hbond substituents is 1. The van der Waals surface area contributed by atoms with Crippen LogP contribution >= 0.6 is 0 Å². The number of rotatable bonds is 7. The van der Waals surface area contributed by atoms with Gasteiger partial charge >= 0.3 is 0 Å². The molecule has 2 N–H and O–H groups in total. The molecule has 0 amide bonds. The van der Waals surface area contributed by atoms with Crippen molar-refractivity contribution in [2.75, 3.05) is 0 Å². The molecule has 0 saturated carbocycles. The lowest BCUT2D eigenvalue weighted by molar-refractivity contribution is -0.941. The van der Waals surface area contributed by atoms with E-state index < -0.39 is 0 Å². The van der Waals surface area contributed by atoms with Gasteiger partial charge in [0, 0.05) is 11.1 Å². The summed E-state index contributed by atoms with van der Waals surface area (Å²) in [4.78, 5) is 1.42. The molecule has 3 aromatic rings. The first-order valence-electron chi connectivity index (χ1n) is 9.77. The van der Waals surface area contributed by atoms with Crippen LogP contribution in [-0.4, -0.2) is 5.11 Å². The molecule has 0 aliphatic heterocycles. The maximum atomic E-state index is 10.9. The quantitative estimate of drug-likeness (QED) is 0.632. The molecule has 0 spiro atoms. The molecule has 0 aliphatic rings. The van der Waals surface area contributed by atoms with E-state index in [1.807, 2.05) is 0 Å². The van der Waals surface area contributed by atoms with E-state index in [0.717, 1.165) is 36.3 Å². The minimum atomic E-state index is 0.316. The van der Waals surface area contributed by atoms with E-state index in [1.165, 1.54) is 16.0 Å². The molecule has 140 valence electrons. The summed E-state index contributed by atoms with van der Waals surface area (Å²) in [6.07, 6.45) is 0. The molecule has 27 heavy (non-hydrogen) atoms. The highest BCUT2D eigenvalue weighted by Crippen LogP contribution is 2.30. The molecule has 0 aromatic heterocycles. The average Bonchev–Trinajstić information content (AvgIpc) is 2.66. The fourth-order valence-electron chi connectivity index (χ4n) is 3.65. The number of hydrogen-bond acceptors (Lipinski definition) is 1. The topological polar surface area (TPSA) is 24.7 Å². The van der Waals surface area contributed by atoms with Gasteiger partial charge in [0.1, 0.15) is 25.4 Å². The first-order valence-corrected chi connectivity index (χ1v) is 9.77. The van der Waals surface area contributed by atoms with Crippen LogP contribution in [0.2, 0.25) is 0 Å². The van der Waals surface area contributed by atoms with Crippen molar-refractivity contribution in [1.82, 2.24) is 0 Å². The van der Waals surface area contributed by atoms with Gasteiger partial charge in [-0.2, -0.15) is 0 Å². The van der Waals surface area contributed by atoms with Gasteiger partial charge in [-0.05, 0) is 24.0 Å². The second-order valence-electron chi connectivity index (χ2n) is 7.71. The zero-order valence-corrected chi connectivity index (χ0v) is 16.6. The van der Waals surface area contributed by atoms with Gasteiger partial charge < -0.3 is 10.0 Å². The number of aryl methyl sites for hydroxylation is 1. The monoisotopic (exact) mass is 360 g/mol. The summed E-state index contributed by atoms with van der Waals surface area (Å²) in [5.74, 6) is 0.791. The standard InChI is InChI=1S/C25H29NO/c1-19(2)23-15-14-20(3)24(25(23)27)18-26(16-21-10-6-4-7-11-21)17-22-12-8-5-9-13-22/h4-15,19,27H,16-18H2,1-3H3/p+1. The Morgan fingerprint density at radius 3 is 1.74 bits per heavy atom. The molecule has 0 heterocycles. The smallest absolute Gasteiger partial charge is 0.128 e. The summed E-state index contributed by atoms with van der Waals surface area (Å²) < 4.78 is 0. The van der Waals surface area contributed by atoms with Gasteiger partial charge in [-0.3, -0.25) is 0 Å². The van der Waals surface area contributed by atoms with Crippen molar-refractivity contribution in [2.24, 2.45) is 0 Å². The number of nitrogens with one attached hydrogen (secondary N) is 1. The van der Waals surface area contributed by atoms with Gasteiger partial charge in [0.25, 0.3) is 0 Å². The largest absolute Gasteiger partial charge is 0.507 e. The molecule has 0 radical (unpaired) electrons. The van der Waals surface area contributed by atoms with E-state index in [9.17, 15) is 5.11 Å². The van der Waals surface area contributed by atoms with E-state index >= 15 is 0 Å². The zero-order chi connectivity index (χ0) is 19.2. The van der Waals surface area contributed by atoms with Crippen molar-refractivity contribution in [3.8, 4) is 5.75 Å². The Balaban J connectivity index is 1.90. The summed E-state index contributed by atoms with van der Waals surface area (Å²) in [7, 11) is 0. The van der Waals surface area contributed by atoms with Crippen LogP contribution in [0.4, 0.5) is 0 Å². The molecule has 0 bridgehead atoms. The summed E-state index contributed by atoms with van der Waals surface area (Å²) >= 11 is 0. The van der Waals surface area contributed by atoms with E-state index in [1.54, 1.807) is 0 Å². The van der Waals surface area contributed by atoms with Crippen LogP contribution in [0.3, 0.4) is 0 Å². The Bertz CT molecular complexity index is 815. The third-order valence-electron chi connectivity index (χ3n) is 5.19. The number of quaternary nitrogens is 1. The summed E-state index contributed by atoms with van der Waals surface area (Å²) in [5.41, 5.74) is 5.91. The maximum Gasteiger partial charge on any atom is 0.128 e. The van der Waals surface area contributed by atoms with Gasteiger partial charge in [-0.1, -0.05) is 86.6 Å². The summed E-state index contributed by atoms with van der Waals surface area (Å²) in [6.45, 7) is 9.03. The van der Waals surface area contributed by atoms with Crippen molar-refractivity contribution < 1.29 is 10.0 Å². The van der Waals surface area contributed by atoms with Crippen LogP contribution in [0.15, 0.2) is 72.8 Å². The van der Waals surface area contributed by atoms with Crippen LogP contribution in [-0.2, 0) is 19.6 Å².